The van der Waals surface area contributed by atoms with Crippen LogP contribution in [0.4, 0.5) is 0 Å². The van der Waals surface area contributed by atoms with Gasteiger partial charge in [0.2, 0.25) is 10.0 Å². The van der Waals surface area contributed by atoms with Crippen molar-refractivity contribution in [2.75, 3.05) is 6.54 Å². The molecule has 0 bridgehead atoms. The number of benzene rings is 2. The summed E-state index contributed by atoms with van der Waals surface area (Å²) in [4.78, 5) is 13.8. The zero-order valence-electron chi connectivity index (χ0n) is 14.4. The molecule has 6 nitrogen and oxygen atoms in total. The Bertz CT molecular complexity index is 1080. The van der Waals surface area contributed by atoms with Crippen molar-refractivity contribution in [3.63, 3.8) is 0 Å². The molecule has 0 unspecified atom stereocenters. The van der Waals surface area contributed by atoms with Crippen LogP contribution >= 0.6 is 15.9 Å². The number of hydrogen-bond acceptors (Lipinski definition) is 4. The van der Waals surface area contributed by atoms with Crippen molar-refractivity contribution in [2.45, 2.75) is 25.2 Å². The standard InChI is InChI=1S/C18H19BrN2O4S/c1-18(2,10-12-3-5-13(19)6-4-12)11-20-26(23,24)14-7-8-15-16(9-14)25-17(22)21-15/h3-9,20H,10-11H2,1-2H3,(H,21,22). The van der Waals surface area contributed by atoms with Gasteiger partial charge in [-0.25, -0.2) is 17.9 Å². The maximum Gasteiger partial charge on any atom is 0.417 e. The Labute approximate surface area is 159 Å². The molecule has 0 fully saturated rings. The van der Waals surface area contributed by atoms with Crippen LogP contribution in [-0.2, 0) is 16.4 Å². The number of hydrogen-bond donors (Lipinski definition) is 2. The van der Waals surface area contributed by atoms with Crippen LogP contribution in [0.15, 0.2) is 61.0 Å². The van der Waals surface area contributed by atoms with E-state index in [1.807, 2.05) is 38.1 Å². The highest BCUT2D eigenvalue weighted by atomic mass is 79.9. The number of aromatic nitrogens is 1. The number of halogens is 1. The van der Waals surface area contributed by atoms with Crippen LogP contribution < -0.4 is 10.5 Å². The number of nitrogens with one attached hydrogen (secondary N) is 2. The molecule has 2 N–H and O–H groups in total. The molecule has 0 amide bonds. The maximum atomic E-state index is 12.6. The molecule has 3 aromatic rings. The molecule has 0 radical (unpaired) electrons. The van der Waals surface area contributed by atoms with Gasteiger partial charge in [-0.05, 0) is 41.7 Å². The minimum atomic E-state index is -3.71. The lowest BCUT2D eigenvalue weighted by Crippen LogP contribution is -2.35. The van der Waals surface area contributed by atoms with Crippen LogP contribution in [0.2, 0.25) is 0 Å². The Hall–Kier alpha value is -1.90. The molecule has 138 valence electrons. The molecule has 1 aromatic heterocycles. The fraction of sp³-hybridized carbons (Fsp3) is 0.278. The quantitative estimate of drug-likeness (QED) is 0.616. The second-order valence-corrected chi connectivity index (χ2v) is 9.65. The number of fused-ring (bicyclic) bond motifs is 1. The molecule has 3 rings (SSSR count). The Morgan fingerprint density at radius 2 is 1.85 bits per heavy atom. The van der Waals surface area contributed by atoms with Gasteiger partial charge in [0.05, 0.1) is 10.4 Å². The number of oxazole rings is 1. The SMILES string of the molecule is CC(C)(CNS(=O)(=O)c1ccc2[nH]c(=O)oc2c1)Cc1ccc(Br)cc1. The van der Waals surface area contributed by atoms with E-state index in [-0.39, 0.29) is 22.4 Å². The van der Waals surface area contributed by atoms with Crippen molar-refractivity contribution in [3.05, 3.63) is 63.1 Å². The fourth-order valence-corrected chi connectivity index (χ4v) is 4.21. The predicted octanol–water partition coefficient (Wildman–Crippen LogP) is 3.43. The van der Waals surface area contributed by atoms with Crippen molar-refractivity contribution in [3.8, 4) is 0 Å². The molecule has 0 aliphatic carbocycles. The van der Waals surface area contributed by atoms with Gasteiger partial charge in [-0.15, -0.1) is 0 Å². The largest absolute Gasteiger partial charge is 0.417 e. The first kappa shape index (κ1) is 18.9. The fourth-order valence-electron chi connectivity index (χ4n) is 2.68. The lowest BCUT2D eigenvalue weighted by Gasteiger charge is -2.25. The van der Waals surface area contributed by atoms with E-state index in [1.165, 1.54) is 18.2 Å². The van der Waals surface area contributed by atoms with E-state index in [1.54, 1.807) is 0 Å². The van der Waals surface area contributed by atoms with Gasteiger partial charge in [0.15, 0.2) is 5.58 Å². The van der Waals surface area contributed by atoms with Crippen molar-refractivity contribution < 1.29 is 12.8 Å². The summed E-state index contributed by atoms with van der Waals surface area (Å²) in [6.07, 6.45) is 0.731. The summed E-state index contributed by atoms with van der Waals surface area (Å²) in [5.41, 5.74) is 1.54. The predicted molar refractivity (Wildman–Crippen MR) is 104 cm³/mol. The van der Waals surface area contributed by atoms with Crippen molar-refractivity contribution >= 4 is 37.1 Å². The molecule has 26 heavy (non-hydrogen) atoms. The van der Waals surface area contributed by atoms with Crippen molar-refractivity contribution in [2.24, 2.45) is 5.41 Å². The summed E-state index contributed by atoms with van der Waals surface area (Å²) in [5.74, 6) is -0.613. The molecule has 2 aromatic carbocycles. The van der Waals surface area contributed by atoms with Crippen LogP contribution in [0, 0.1) is 5.41 Å². The zero-order valence-corrected chi connectivity index (χ0v) is 16.8. The van der Waals surface area contributed by atoms with Gasteiger partial charge in [-0.1, -0.05) is 41.9 Å². The number of rotatable bonds is 6. The smallest absolute Gasteiger partial charge is 0.408 e. The molecule has 0 aliphatic rings. The molecule has 0 aliphatic heterocycles. The molecule has 8 heteroatoms. The topological polar surface area (TPSA) is 92.2 Å². The van der Waals surface area contributed by atoms with Gasteiger partial charge in [-0.2, -0.15) is 0 Å². The van der Waals surface area contributed by atoms with Gasteiger partial charge in [0.1, 0.15) is 0 Å². The Morgan fingerprint density at radius 3 is 2.54 bits per heavy atom. The number of aromatic amines is 1. The minimum absolute atomic E-state index is 0.0622. The van der Waals surface area contributed by atoms with Crippen LogP contribution in [0.1, 0.15) is 19.4 Å². The Kier molecular flexibility index (Phi) is 5.09. The molecule has 0 saturated carbocycles. The third kappa shape index (κ3) is 4.44. The van der Waals surface area contributed by atoms with E-state index in [2.05, 4.69) is 25.6 Å². The lowest BCUT2D eigenvalue weighted by atomic mass is 9.86. The summed E-state index contributed by atoms with van der Waals surface area (Å²) in [6.45, 7) is 4.29. The maximum absolute atomic E-state index is 12.6. The van der Waals surface area contributed by atoms with Gasteiger partial charge in [0, 0.05) is 17.1 Å². The van der Waals surface area contributed by atoms with Crippen LogP contribution in [0.5, 0.6) is 0 Å². The second kappa shape index (κ2) is 7.02. The Balaban J connectivity index is 1.73. The monoisotopic (exact) mass is 438 g/mol. The summed E-state index contributed by atoms with van der Waals surface area (Å²) in [6, 6.07) is 12.3. The first-order chi connectivity index (χ1) is 12.1. The van der Waals surface area contributed by atoms with E-state index in [0.717, 1.165) is 16.5 Å². The van der Waals surface area contributed by atoms with Gasteiger partial charge in [-0.3, -0.25) is 4.98 Å². The lowest BCUT2D eigenvalue weighted by molar-refractivity contribution is 0.361. The van der Waals surface area contributed by atoms with Crippen molar-refractivity contribution in [1.82, 2.24) is 9.71 Å². The van der Waals surface area contributed by atoms with Gasteiger partial charge in [0.25, 0.3) is 0 Å². The van der Waals surface area contributed by atoms with E-state index in [9.17, 15) is 13.2 Å². The molecule has 0 atom stereocenters. The first-order valence-corrected chi connectivity index (χ1v) is 10.3. The van der Waals surface area contributed by atoms with E-state index < -0.39 is 15.8 Å². The minimum Gasteiger partial charge on any atom is -0.408 e. The molecular weight excluding hydrogens is 420 g/mol. The molecular formula is C18H19BrN2O4S. The third-order valence-electron chi connectivity index (χ3n) is 4.04. The first-order valence-electron chi connectivity index (χ1n) is 8.02. The second-order valence-electron chi connectivity index (χ2n) is 6.96. The average Bonchev–Trinajstić information content (AvgIpc) is 2.94. The van der Waals surface area contributed by atoms with Gasteiger partial charge >= 0.3 is 5.76 Å². The molecule has 0 spiro atoms. The Morgan fingerprint density at radius 1 is 1.15 bits per heavy atom. The normalized spacial score (nSPS) is 12.6. The number of H-pyrrole nitrogens is 1. The summed E-state index contributed by atoms with van der Waals surface area (Å²) in [7, 11) is -3.71. The van der Waals surface area contributed by atoms with E-state index in [4.69, 9.17) is 4.42 Å². The van der Waals surface area contributed by atoms with Crippen LogP contribution in [-0.4, -0.2) is 19.9 Å². The highest BCUT2D eigenvalue weighted by molar-refractivity contribution is 9.10. The highest BCUT2D eigenvalue weighted by Gasteiger charge is 2.23. The summed E-state index contributed by atoms with van der Waals surface area (Å²) >= 11 is 3.41. The summed E-state index contributed by atoms with van der Waals surface area (Å²) < 4.78 is 33.7. The third-order valence-corrected chi connectivity index (χ3v) is 5.97. The van der Waals surface area contributed by atoms with Crippen LogP contribution in [0.25, 0.3) is 11.1 Å². The van der Waals surface area contributed by atoms with E-state index in [0.29, 0.717) is 5.52 Å². The van der Waals surface area contributed by atoms with E-state index >= 15 is 0 Å². The summed E-state index contributed by atoms with van der Waals surface area (Å²) in [5, 5.41) is 0. The van der Waals surface area contributed by atoms with Crippen molar-refractivity contribution in [1.29, 1.82) is 0 Å². The molecule has 1 heterocycles. The van der Waals surface area contributed by atoms with Gasteiger partial charge < -0.3 is 4.42 Å². The highest BCUT2D eigenvalue weighted by Crippen LogP contribution is 2.23. The van der Waals surface area contributed by atoms with Crippen LogP contribution in [0.3, 0.4) is 0 Å². The number of sulfonamides is 1. The zero-order chi connectivity index (χ0) is 18.9. The molecule has 0 saturated heterocycles. The average molecular weight is 439 g/mol.